The molecule has 2 saturated carbocycles. The van der Waals surface area contributed by atoms with E-state index in [4.69, 9.17) is 0 Å². The van der Waals surface area contributed by atoms with Crippen LogP contribution in [0, 0.1) is 5.95 Å². The summed E-state index contributed by atoms with van der Waals surface area (Å²) in [7, 11) is 0. The van der Waals surface area contributed by atoms with Crippen LogP contribution in [0.5, 0.6) is 0 Å². The van der Waals surface area contributed by atoms with E-state index in [1.165, 1.54) is 6.20 Å². The number of rotatable bonds is 3. The summed E-state index contributed by atoms with van der Waals surface area (Å²) < 4.78 is 52.2. The number of para-hydroxylation sites is 1. The van der Waals surface area contributed by atoms with Crippen molar-refractivity contribution in [2.24, 2.45) is 0 Å². The van der Waals surface area contributed by atoms with E-state index in [1.807, 2.05) is 0 Å². The molecule has 9 nitrogen and oxygen atoms in total. The molecule has 1 amide bonds. The number of imidazole rings is 1. The Morgan fingerprint density at radius 2 is 1.84 bits per heavy atom. The SMILES string of the molecule is O=C1N(CC(F)(F)F)c2ccccc2C12CC2.O=c1[nH]cc(-c2cc(C3CC3)c3ncc(F)n3n2)c(=O)[nH]1. The lowest BCUT2D eigenvalue weighted by molar-refractivity contribution is -0.132. The summed E-state index contributed by atoms with van der Waals surface area (Å²) in [5.41, 5.74) is 1.22. The van der Waals surface area contributed by atoms with Crippen molar-refractivity contribution >= 4 is 17.2 Å². The highest BCUT2D eigenvalue weighted by Gasteiger charge is 2.60. The molecule has 2 fully saturated rings. The van der Waals surface area contributed by atoms with Gasteiger partial charge in [-0.2, -0.15) is 27.2 Å². The lowest BCUT2D eigenvalue weighted by Gasteiger charge is -2.19. The average Bonchev–Trinajstić information content (AvgIpc) is 3.79. The first-order valence-electron chi connectivity index (χ1n) is 11.9. The van der Waals surface area contributed by atoms with Crippen LogP contribution in [0.4, 0.5) is 23.2 Å². The van der Waals surface area contributed by atoms with Gasteiger partial charge in [0.2, 0.25) is 11.9 Å². The zero-order valence-corrected chi connectivity index (χ0v) is 19.7. The van der Waals surface area contributed by atoms with Gasteiger partial charge in [-0.1, -0.05) is 18.2 Å². The first-order valence-corrected chi connectivity index (χ1v) is 11.9. The number of amides is 1. The number of carbonyl (C=O) groups is 1. The molecular weight excluding hydrogens is 508 g/mol. The van der Waals surface area contributed by atoms with Gasteiger partial charge in [0, 0.05) is 17.4 Å². The number of benzene rings is 1. The molecule has 7 rings (SSSR count). The van der Waals surface area contributed by atoms with Gasteiger partial charge in [-0.25, -0.2) is 9.78 Å². The fraction of sp³-hybridized carbons (Fsp3) is 0.320. The van der Waals surface area contributed by atoms with Gasteiger partial charge in [-0.05, 0) is 49.3 Å². The second-order valence-electron chi connectivity index (χ2n) is 9.67. The number of nitrogens with zero attached hydrogens (tertiary/aromatic N) is 4. The number of hydrogen-bond acceptors (Lipinski definition) is 5. The van der Waals surface area contributed by atoms with E-state index < -0.39 is 41.2 Å². The lowest BCUT2D eigenvalue weighted by Crippen LogP contribution is -2.39. The minimum atomic E-state index is -4.36. The van der Waals surface area contributed by atoms with Gasteiger partial charge in [0.15, 0.2) is 5.65 Å². The number of aromatic amines is 2. The van der Waals surface area contributed by atoms with Crippen molar-refractivity contribution in [3.8, 4) is 11.3 Å². The van der Waals surface area contributed by atoms with E-state index in [0.29, 0.717) is 35.8 Å². The number of H-pyrrole nitrogens is 2. The summed E-state index contributed by atoms with van der Waals surface area (Å²) in [5, 5.41) is 4.10. The molecule has 1 aromatic carbocycles. The Balaban J connectivity index is 0.000000142. The van der Waals surface area contributed by atoms with Gasteiger partial charge in [-0.15, -0.1) is 0 Å². The van der Waals surface area contributed by atoms with Crippen LogP contribution in [-0.4, -0.2) is 43.2 Å². The highest BCUT2D eigenvalue weighted by atomic mass is 19.4. The molecule has 4 aromatic rings. The minimum absolute atomic E-state index is 0.187. The van der Waals surface area contributed by atoms with Gasteiger partial charge in [0.25, 0.3) is 5.56 Å². The van der Waals surface area contributed by atoms with E-state index >= 15 is 0 Å². The molecule has 1 aliphatic heterocycles. The molecule has 0 bridgehead atoms. The van der Waals surface area contributed by atoms with E-state index in [-0.39, 0.29) is 5.56 Å². The largest absolute Gasteiger partial charge is 0.406 e. The van der Waals surface area contributed by atoms with Crippen LogP contribution in [0.25, 0.3) is 16.9 Å². The van der Waals surface area contributed by atoms with E-state index in [1.54, 1.807) is 30.3 Å². The quantitative estimate of drug-likeness (QED) is 0.396. The highest BCUT2D eigenvalue weighted by Crippen LogP contribution is 2.57. The van der Waals surface area contributed by atoms with E-state index in [9.17, 15) is 31.9 Å². The Bertz CT molecular complexity index is 1700. The van der Waals surface area contributed by atoms with Crippen molar-refractivity contribution in [2.45, 2.75) is 43.2 Å². The van der Waals surface area contributed by atoms with Gasteiger partial charge in [0.1, 0.15) is 6.54 Å². The first kappa shape index (κ1) is 24.1. The van der Waals surface area contributed by atoms with Crippen LogP contribution in [0.3, 0.4) is 0 Å². The molecule has 0 unspecified atom stereocenters. The van der Waals surface area contributed by atoms with Crippen LogP contribution >= 0.6 is 0 Å². The number of anilines is 1. The normalized spacial score (nSPS) is 17.5. The summed E-state index contributed by atoms with van der Waals surface area (Å²) in [6.07, 6.45) is 1.37. The predicted molar refractivity (Wildman–Crippen MR) is 127 cm³/mol. The Kier molecular flexibility index (Phi) is 5.30. The number of halogens is 4. The van der Waals surface area contributed by atoms with Crippen molar-refractivity contribution in [3.63, 3.8) is 0 Å². The molecule has 0 saturated heterocycles. The second-order valence-corrected chi connectivity index (χ2v) is 9.67. The fourth-order valence-electron chi connectivity index (χ4n) is 4.93. The molecule has 4 heterocycles. The standard InChI is InChI=1S/C13H10FN5O2.C12H10F3NO/c14-10-5-15-11-7(6-1-2-6)3-9(18-19(10)11)8-4-16-13(21)17-12(8)20;13-12(14,15)7-16-9-4-2-1-3-8(9)11(5-6-11)10(16)17/h3-6H,1-2H2,(H2,16,17,20,21);1-4H,5-7H2. The first-order chi connectivity index (χ1) is 18.1. The summed E-state index contributed by atoms with van der Waals surface area (Å²) in [5.74, 6) is -0.663. The molecule has 3 aromatic heterocycles. The van der Waals surface area contributed by atoms with Gasteiger partial charge in [-0.3, -0.25) is 14.6 Å². The van der Waals surface area contributed by atoms with Crippen LogP contribution in [0.2, 0.25) is 0 Å². The van der Waals surface area contributed by atoms with Crippen LogP contribution in [-0.2, 0) is 10.2 Å². The smallest absolute Gasteiger partial charge is 0.313 e. The van der Waals surface area contributed by atoms with Gasteiger partial charge in [0.05, 0.1) is 22.9 Å². The zero-order valence-electron chi connectivity index (χ0n) is 19.7. The molecule has 1 spiro atoms. The molecule has 38 heavy (non-hydrogen) atoms. The Labute approximate surface area is 211 Å². The molecule has 13 heteroatoms. The number of fused-ring (bicyclic) bond motifs is 3. The second kappa shape index (κ2) is 8.36. The van der Waals surface area contributed by atoms with Crippen molar-refractivity contribution in [2.75, 3.05) is 11.4 Å². The maximum Gasteiger partial charge on any atom is 0.406 e. The average molecular weight is 528 g/mol. The van der Waals surface area contributed by atoms with Crippen molar-refractivity contribution in [1.29, 1.82) is 0 Å². The lowest BCUT2D eigenvalue weighted by atomic mass is 9.98. The zero-order chi connectivity index (χ0) is 26.8. The van der Waals surface area contributed by atoms with Crippen molar-refractivity contribution in [3.05, 3.63) is 80.6 Å². The molecule has 2 aliphatic carbocycles. The van der Waals surface area contributed by atoms with Crippen LogP contribution in [0.15, 0.2) is 52.3 Å². The van der Waals surface area contributed by atoms with Crippen LogP contribution in [0.1, 0.15) is 42.7 Å². The Morgan fingerprint density at radius 3 is 2.50 bits per heavy atom. The molecule has 0 radical (unpaired) electrons. The van der Waals surface area contributed by atoms with Crippen molar-refractivity contribution in [1.82, 2.24) is 24.6 Å². The number of carbonyl (C=O) groups excluding carboxylic acids is 1. The Morgan fingerprint density at radius 1 is 1.11 bits per heavy atom. The predicted octanol–water partition coefficient (Wildman–Crippen LogP) is 3.42. The van der Waals surface area contributed by atoms with E-state index in [0.717, 1.165) is 39.6 Å². The monoisotopic (exact) mass is 528 g/mol. The fourth-order valence-corrected chi connectivity index (χ4v) is 4.93. The van der Waals surface area contributed by atoms with Crippen LogP contribution < -0.4 is 16.1 Å². The van der Waals surface area contributed by atoms with Crippen molar-refractivity contribution < 1.29 is 22.4 Å². The third-order valence-electron chi connectivity index (χ3n) is 7.02. The summed E-state index contributed by atoms with van der Waals surface area (Å²) in [6.45, 7) is -1.19. The van der Waals surface area contributed by atoms with Gasteiger partial charge >= 0.3 is 11.9 Å². The summed E-state index contributed by atoms with van der Waals surface area (Å²) >= 11 is 0. The molecule has 196 valence electrons. The molecular formula is C25H20F4N6O3. The van der Waals surface area contributed by atoms with Gasteiger partial charge < -0.3 is 9.88 Å². The summed E-state index contributed by atoms with van der Waals surface area (Å²) in [4.78, 5) is 44.4. The number of aromatic nitrogens is 5. The number of nitrogens with one attached hydrogen (secondary N) is 2. The Hall–Kier alpha value is -4.29. The number of hydrogen-bond donors (Lipinski definition) is 2. The minimum Gasteiger partial charge on any atom is -0.313 e. The maximum absolute atomic E-state index is 13.8. The highest BCUT2D eigenvalue weighted by molar-refractivity contribution is 6.10. The third-order valence-corrected chi connectivity index (χ3v) is 7.02. The number of alkyl halides is 3. The summed E-state index contributed by atoms with van der Waals surface area (Å²) in [6, 6.07) is 8.52. The maximum atomic E-state index is 13.8. The van der Waals surface area contributed by atoms with E-state index in [2.05, 4.69) is 20.1 Å². The molecule has 3 aliphatic rings. The molecule has 2 N–H and O–H groups in total. The third kappa shape index (κ3) is 4.07. The molecule has 0 atom stereocenters. The topological polar surface area (TPSA) is 116 Å².